The lowest BCUT2D eigenvalue weighted by Crippen LogP contribution is -2.47. The number of hydrogen-bond acceptors (Lipinski definition) is 4. The molecule has 23 heavy (non-hydrogen) atoms. The molecule has 1 fully saturated rings. The molecule has 3 rings (SSSR count). The van der Waals surface area contributed by atoms with Crippen molar-refractivity contribution < 1.29 is 14.4 Å². The Morgan fingerprint density at radius 2 is 1.52 bits per heavy atom. The minimum atomic E-state index is -0.299. The van der Waals surface area contributed by atoms with E-state index >= 15 is 0 Å². The van der Waals surface area contributed by atoms with Gasteiger partial charge in [0.15, 0.2) is 0 Å². The number of carbonyl (C=O) groups is 3. The fraction of sp³-hybridized carbons (Fsp3) is 0.438. The van der Waals surface area contributed by atoms with Crippen molar-refractivity contribution in [3.05, 3.63) is 35.4 Å². The van der Waals surface area contributed by atoms with E-state index in [-0.39, 0.29) is 43.1 Å². The highest BCUT2D eigenvalue weighted by molar-refractivity contribution is 6.21. The average molecular weight is 338 g/mol. The van der Waals surface area contributed by atoms with Crippen LogP contribution in [-0.4, -0.2) is 72.2 Å². The Kier molecular flexibility index (Phi) is 5.38. The maximum Gasteiger partial charge on any atom is 0.261 e. The molecular formula is C16H20ClN3O3. The summed E-state index contributed by atoms with van der Waals surface area (Å²) in [6.07, 6.45) is 0.190. The first kappa shape index (κ1) is 17.4. The van der Waals surface area contributed by atoms with Crippen molar-refractivity contribution >= 4 is 30.1 Å². The van der Waals surface area contributed by atoms with Crippen molar-refractivity contribution in [2.75, 3.05) is 39.8 Å². The highest BCUT2D eigenvalue weighted by Crippen LogP contribution is 2.22. The van der Waals surface area contributed by atoms with Gasteiger partial charge in [0.2, 0.25) is 5.91 Å². The Morgan fingerprint density at radius 1 is 1.00 bits per heavy atom. The molecule has 0 saturated carbocycles. The highest BCUT2D eigenvalue weighted by atomic mass is 35.5. The largest absolute Gasteiger partial charge is 0.340 e. The molecular weight excluding hydrogens is 318 g/mol. The van der Waals surface area contributed by atoms with E-state index in [1.54, 1.807) is 29.2 Å². The smallest absolute Gasteiger partial charge is 0.261 e. The van der Waals surface area contributed by atoms with Crippen molar-refractivity contribution in [1.82, 2.24) is 14.7 Å². The zero-order chi connectivity index (χ0) is 15.7. The molecule has 1 saturated heterocycles. The maximum absolute atomic E-state index is 12.2. The molecule has 0 unspecified atom stereocenters. The van der Waals surface area contributed by atoms with E-state index in [0.717, 1.165) is 13.1 Å². The lowest BCUT2D eigenvalue weighted by atomic mass is 10.1. The molecule has 2 aliphatic rings. The summed E-state index contributed by atoms with van der Waals surface area (Å²) in [6.45, 7) is 3.28. The fourth-order valence-corrected chi connectivity index (χ4v) is 2.86. The Hall–Kier alpha value is -1.92. The van der Waals surface area contributed by atoms with Gasteiger partial charge in [0.05, 0.1) is 11.1 Å². The van der Waals surface area contributed by atoms with Crippen LogP contribution >= 0.6 is 12.4 Å². The van der Waals surface area contributed by atoms with Gasteiger partial charge >= 0.3 is 0 Å². The van der Waals surface area contributed by atoms with Gasteiger partial charge in [0.1, 0.15) is 0 Å². The lowest BCUT2D eigenvalue weighted by molar-refractivity contribution is -0.132. The molecule has 0 aliphatic carbocycles. The first-order valence-electron chi connectivity index (χ1n) is 7.49. The van der Waals surface area contributed by atoms with Gasteiger partial charge in [-0.25, -0.2) is 0 Å². The van der Waals surface area contributed by atoms with Crippen LogP contribution in [0, 0.1) is 0 Å². The molecule has 1 aromatic carbocycles. The molecule has 1 aromatic rings. The van der Waals surface area contributed by atoms with Crippen LogP contribution < -0.4 is 0 Å². The molecule has 0 spiro atoms. The Balaban J connectivity index is 0.00000192. The molecule has 0 atom stereocenters. The summed E-state index contributed by atoms with van der Waals surface area (Å²) in [4.78, 5) is 41.8. The zero-order valence-corrected chi connectivity index (χ0v) is 13.8. The molecule has 0 N–H and O–H groups in total. The number of fused-ring (bicyclic) bond motifs is 1. The number of imide groups is 1. The summed E-state index contributed by atoms with van der Waals surface area (Å²) >= 11 is 0. The number of carbonyl (C=O) groups excluding carboxylic acids is 3. The van der Waals surface area contributed by atoms with E-state index < -0.39 is 0 Å². The van der Waals surface area contributed by atoms with Gasteiger partial charge in [-0.05, 0) is 19.2 Å². The molecule has 0 bridgehead atoms. The Morgan fingerprint density at radius 3 is 2.04 bits per heavy atom. The Labute approximate surface area is 141 Å². The van der Waals surface area contributed by atoms with Crippen LogP contribution in [0.4, 0.5) is 0 Å². The summed E-state index contributed by atoms with van der Waals surface area (Å²) in [5.41, 5.74) is 0.860. The number of hydrogen-bond donors (Lipinski definition) is 0. The number of halogens is 1. The van der Waals surface area contributed by atoms with Crippen molar-refractivity contribution in [1.29, 1.82) is 0 Å². The maximum atomic E-state index is 12.2. The van der Waals surface area contributed by atoms with Crippen molar-refractivity contribution in [3.8, 4) is 0 Å². The summed E-state index contributed by atoms with van der Waals surface area (Å²) in [5.74, 6) is -0.594. The fourth-order valence-electron chi connectivity index (χ4n) is 2.86. The molecule has 124 valence electrons. The van der Waals surface area contributed by atoms with E-state index in [2.05, 4.69) is 4.90 Å². The Bertz CT molecular complexity index is 592. The molecule has 3 amide bonds. The summed E-state index contributed by atoms with van der Waals surface area (Å²) in [6, 6.07) is 6.78. The van der Waals surface area contributed by atoms with Crippen LogP contribution in [0.25, 0.3) is 0 Å². The van der Waals surface area contributed by atoms with Crippen LogP contribution in [0.2, 0.25) is 0 Å². The van der Waals surface area contributed by atoms with Gasteiger partial charge in [0, 0.05) is 39.1 Å². The number of piperazine rings is 1. The second-order valence-electron chi connectivity index (χ2n) is 5.74. The number of rotatable bonds is 3. The zero-order valence-electron chi connectivity index (χ0n) is 13.0. The predicted octanol–water partition coefficient (Wildman–Crippen LogP) is 0.869. The number of nitrogens with zero attached hydrogens (tertiary/aromatic N) is 3. The number of benzene rings is 1. The van der Waals surface area contributed by atoms with Gasteiger partial charge < -0.3 is 9.80 Å². The summed E-state index contributed by atoms with van der Waals surface area (Å²) in [7, 11) is 2.03. The normalized spacial score (nSPS) is 18.0. The average Bonchev–Trinajstić information content (AvgIpc) is 2.78. The molecule has 7 heteroatoms. The molecule has 2 heterocycles. The van der Waals surface area contributed by atoms with Gasteiger partial charge in [-0.15, -0.1) is 12.4 Å². The van der Waals surface area contributed by atoms with Crippen LogP contribution in [0.15, 0.2) is 24.3 Å². The third kappa shape index (κ3) is 3.38. The lowest BCUT2D eigenvalue weighted by Gasteiger charge is -2.32. The number of amides is 3. The third-order valence-electron chi connectivity index (χ3n) is 4.28. The van der Waals surface area contributed by atoms with E-state index in [1.807, 2.05) is 7.05 Å². The van der Waals surface area contributed by atoms with Gasteiger partial charge in [-0.2, -0.15) is 0 Å². The standard InChI is InChI=1S/C16H19N3O3.ClH/c1-17-8-10-18(11-9-17)14(20)6-7-19-15(21)12-4-2-3-5-13(12)16(19)22;/h2-5H,6-11H2,1H3;1H. The topological polar surface area (TPSA) is 60.9 Å². The predicted molar refractivity (Wildman–Crippen MR) is 87.8 cm³/mol. The highest BCUT2D eigenvalue weighted by Gasteiger charge is 2.35. The van der Waals surface area contributed by atoms with Crippen molar-refractivity contribution in [2.45, 2.75) is 6.42 Å². The quantitative estimate of drug-likeness (QED) is 0.768. The van der Waals surface area contributed by atoms with E-state index in [0.29, 0.717) is 24.2 Å². The van der Waals surface area contributed by atoms with Gasteiger partial charge in [0.25, 0.3) is 11.8 Å². The van der Waals surface area contributed by atoms with Crippen LogP contribution in [0.1, 0.15) is 27.1 Å². The molecule has 0 aromatic heterocycles. The van der Waals surface area contributed by atoms with Crippen LogP contribution in [0.5, 0.6) is 0 Å². The minimum absolute atomic E-state index is 0. The van der Waals surface area contributed by atoms with Crippen molar-refractivity contribution in [2.24, 2.45) is 0 Å². The molecule has 0 radical (unpaired) electrons. The molecule has 6 nitrogen and oxygen atoms in total. The monoisotopic (exact) mass is 337 g/mol. The van der Waals surface area contributed by atoms with Gasteiger partial charge in [-0.3, -0.25) is 19.3 Å². The first-order valence-corrected chi connectivity index (χ1v) is 7.49. The SMILES string of the molecule is CN1CCN(C(=O)CCN2C(=O)c3ccccc3C2=O)CC1.Cl. The van der Waals surface area contributed by atoms with E-state index in [1.165, 1.54) is 4.90 Å². The van der Waals surface area contributed by atoms with Gasteiger partial charge in [-0.1, -0.05) is 12.1 Å². The second kappa shape index (κ2) is 7.10. The first-order chi connectivity index (χ1) is 10.6. The molecule has 2 aliphatic heterocycles. The second-order valence-corrected chi connectivity index (χ2v) is 5.74. The van der Waals surface area contributed by atoms with E-state index in [9.17, 15) is 14.4 Å². The third-order valence-corrected chi connectivity index (χ3v) is 4.28. The minimum Gasteiger partial charge on any atom is -0.340 e. The van der Waals surface area contributed by atoms with Crippen LogP contribution in [-0.2, 0) is 4.79 Å². The van der Waals surface area contributed by atoms with Crippen LogP contribution in [0.3, 0.4) is 0 Å². The van der Waals surface area contributed by atoms with Crippen molar-refractivity contribution in [3.63, 3.8) is 0 Å². The summed E-state index contributed by atoms with van der Waals surface area (Å²) < 4.78 is 0. The summed E-state index contributed by atoms with van der Waals surface area (Å²) in [5, 5.41) is 0. The number of likely N-dealkylation sites (N-methyl/N-ethyl adjacent to an activating group) is 1. The van der Waals surface area contributed by atoms with E-state index in [4.69, 9.17) is 0 Å².